The fourth-order valence-corrected chi connectivity index (χ4v) is 2.17. The first-order chi connectivity index (χ1) is 4.81. The molecule has 0 saturated carbocycles. The van der Waals surface area contributed by atoms with Crippen molar-refractivity contribution >= 4 is 12.4 Å². The maximum Gasteiger partial charge on any atom is 0.0648 e. The van der Waals surface area contributed by atoms with Gasteiger partial charge in [0.05, 0.1) is 11.2 Å². The minimum Gasteiger partial charge on any atom is -0.370 e. The Morgan fingerprint density at radius 3 is 1.67 bits per heavy atom. The van der Waals surface area contributed by atoms with Gasteiger partial charge in [-0.05, 0) is 40.5 Å². The maximum absolute atomic E-state index is 5.91. The smallest absolute Gasteiger partial charge is 0.0648 e. The van der Waals surface area contributed by atoms with Gasteiger partial charge in [0.25, 0.3) is 0 Å². The average molecular weight is 194 g/mol. The van der Waals surface area contributed by atoms with Crippen LogP contribution >= 0.6 is 12.4 Å². The Kier molecular flexibility index (Phi) is 3.59. The molecule has 1 saturated heterocycles. The molecule has 0 atom stereocenters. The first-order valence-electron chi connectivity index (χ1n) is 4.27. The molecule has 0 radical (unpaired) electrons. The Morgan fingerprint density at radius 2 is 1.42 bits per heavy atom. The third-order valence-corrected chi connectivity index (χ3v) is 2.06. The molecule has 1 aliphatic heterocycles. The van der Waals surface area contributed by atoms with Crippen molar-refractivity contribution < 1.29 is 4.74 Å². The summed E-state index contributed by atoms with van der Waals surface area (Å²) < 4.78 is 5.85. The van der Waals surface area contributed by atoms with Crippen LogP contribution < -0.4 is 5.73 Å². The summed E-state index contributed by atoms with van der Waals surface area (Å²) in [6.07, 6.45) is 1.94. The first-order valence-corrected chi connectivity index (χ1v) is 4.27. The summed E-state index contributed by atoms with van der Waals surface area (Å²) in [4.78, 5) is 0. The van der Waals surface area contributed by atoms with E-state index in [1.54, 1.807) is 0 Å². The molecule has 0 amide bonds. The molecule has 1 aliphatic rings. The molecular formula is C9H20ClNO. The molecule has 0 unspecified atom stereocenters. The molecule has 2 nitrogen and oxygen atoms in total. The minimum atomic E-state index is -0.0405. The van der Waals surface area contributed by atoms with Crippen molar-refractivity contribution in [2.75, 3.05) is 0 Å². The molecule has 0 aromatic heterocycles. The van der Waals surface area contributed by atoms with Crippen molar-refractivity contribution in [2.45, 2.75) is 57.8 Å². The van der Waals surface area contributed by atoms with E-state index in [0.29, 0.717) is 6.04 Å². The van der Waals surface area contributed by atoms with Crippen molar-refractivity contribution in [1.29, 1.82) is 0 Å². The topological polar surface area (TPSA) is 35.2 Å². The number of ether oxygens (including phenoxy) is 1. The molecule has 74 valence electrons. The highest BCUT2D eigenvalue weighted by molar-refractivity contribution is 5.85. The lowest BCUT2D eigenvalue weighted by Crippen LogP contribution is -2.50. The Bertz CT molecular complexity index is 141. The van der Waals surface area contributed by atoms with E-state index in [-0.39, 0.29) is 23.6 Å². The molecule has 3 heteroatoms. The van der Waals surface area contributed by atoms with E-state index in [0.717, 1.165) is 12.8 Å². The number of nitrogens with two attached hydrogens (primary N) is 1. The molecule has 12 heavy (non-hydrogen) atoms. The second-order valence-electron chi connectivity index (χ2n) is 4.79. The van der Waals surface area contributed by atoms with Gasteiger partial charge in [-0.1, -0.05) is 0 Å². The van der Waals surface area contributed by atoms with Crippen LogP contribution in [0, 0.1) is 0 Å². The Hall–Kier alpha value is 0.210. The van der Waals surface area contributed by atoms with Crippen LogP contribution in [0.4, 0.5) is 0 Å². The number of rotatable bonds is 0. The second kappa shape index (κ2) is 3.52. The van der Waals surface area contributed by atoms with Gasteiger partial charge in [0.1, 0.15) is 0 Å². The molecule has 0 aliphatic carbocycles. The van der Waals surface area contributed by atoms with Gasteiger partial charge in [0.15, 0.2) is 0 Å². The highest BCUT2D eigenvalue weighted by Crippen LogP contribution is 2.33. The van der Waals surface area contributed by atoms with Crippen LogP contribution in [0.3, 0.4) is 0 Å². The molecule has 0 aromatic carbocycles. The lowest BCUT2D eigenvalue weighted by Gasteiger charge is -2.44. The molecule has 0 bridgehead atoms. The third kappa shape index (κ3) is 3.30. The average Bonchev–Trinajstić information content (AvgIpc) is 1.49. The molecular weight excluding hydrogens is 174 g/mol. The zero-order valence-electron chi connectivity index (χ0n) is 8.39. The van der Waals surface area contributed by atoms with Crippen LogP contribution in [0.15, 0.2) is 0 Å². The van der Waals surface area contributed by atoms with Crippen molar-refractivity contribution in [3.05, 3.63) is 0 Å². The van der Waals surface area contributed by atoms with E-state index >= 15 is 0 Å². The van der Waals surface area contributed by atoms with Gasteiger partial charge in [-0.2, -0.15) is 0 Å². The van der Waals surface area contributed by atoms with Gasteiger partial charge in [0, 0.05) is 6.04 Å². The lowest BCUT2D eigenvalue weighted by molar-refractivity contribution is -0.160. The number of halogens is 1. The van der Waals surface area contributed by atoms with E-state index in [1.165, 1.54) is 0 Å². The van der Waals surface area contributed by atoms with Gasteiger partial charge in [-0.15, -0.1) is 12.4 Å². The fourth-order valence-electron chi connectivity index (χ4n) is 2.17. The zero-order chi connectivity index (χ0) is 8.70. The highest BCUT2D eigenvalue weighted by Gasteiger charge is 2.37. The zero-order valence-corrected chi connectivity index (χ0v) is 9.20. The van der Waals surface area contributed by atoms with Crippen molar-refractivity contribution in [3.8, 4) is 0 Å². The summed E-state index contributed by atoms with van der Waals surface area (Å²) in [5, 5.41) is 0. The Morgan fingerprint density at radius 1 is 1.08 bits per heavy atom. The number of hydrogen-bond acceptors (Lipinski definition) is 2. The Balaban J connectivity index is 0.00000121. The van der Waals surface area contributed by atoms with Crippen molar-refractivity contribution in [3.63, 3.8) is 0 Å². The van der Waals surface area contributed by atoms with Gasteiger partial charge in [0.2, 0.25) is 0 Å². The minimum absolute atomic E-state index is 0. The molecule has 1 rings (SSSR count). The highest BCUT2D eigenvalue weighted by atomic mass is 35.5. The van der Waals surface area contributed by atoms with E-state index in [4.69, 9.17) is 10.5 Å². The second-order valence-corrected chi connectivity index (χ2v) is 4.79. The predicted octanol–water partition coefficient (Wildman–Crippen LogP) is 2.10. The Labute approximate surface area is 81.3 Å². The number of hydrogen-bond donors (Lipinski definition) is 1. The molecule has 0 spiro atoms. The summed E-state index contributed by atoms with van der Waals surface area (Å²) >= 11 is 0. The molecule has 1 fully saturated rings. The quantitative estimate of drug-likeness (QED) is 0.640. The SMILES string of the molecule is CC1(C)CC(N)CC(C)(C)O1.Cl. The summed E-state index contributed by atoms with van der Waals surface area (Å²) in [6.45, 7) is 8.42. The van der Waals surface area contributed by atoms with E-state index < -0.39 is 0 Å². The summed E-state index contributed by atoms with van der Waals surface area (Å²) in [5.74, 6) is 0. The van der Waals surface area contributed by atoms with Gasteiger partial charge < -0.3 is 10.5 Å². The summed E-state index contributed by atoms with van der Waals surface area (Å²) in [6, 6.07) is 0.300. The molecule has 1 heterocycles. The van der Waals surface area contributed by atoms with Gasteiger partial charge in [-0.25, -0.2) is 0 Å². The van der Waals surface area contributed by atoms with E-state index in [1.807, 2.05) is 0 Å². The van der Waals surface area contributed by atoms with Gasteiger partial charge in [-0.3, -0.25) is 0 Å². The summed E-state index contributed by atoms with van der Waals surface area (Å²) in [5.41, 5.74) is 5.82. The van der Waals surface area contributed by atoms with Crippen LogP contribution in [0.5, 0.6) is 0 Å². The van der Waals surface area contributed by atoms with Crippen LogP contribution in [0.1, 0.15) is 40.5 Å². The predicted molar refractivity (Wildman–Crippen MR) is 53.7 cm³/mol. The maximum atomic E-state index is 5.91. The lowest BCUT2D eigenvalue weighted by atomic mass is 9.86. The van der Waals surface area contributed by atoms with Crippen LogP contribution in [-0.4, -0.2) is 17.2 Å². The molecule has 2 N–H and O–H groups in total. The molecule has 0 aromatic rings. The first kappa shape index (κ1) is 12.2. The van der Waals surface area contributed by atoms with Crippen LogP contribution in [-0.2, 0) is 4.74 Å². The standard InChI is InChI=1S/C9H19NO.ClH/c1-8(2)5-7(10)6-9(3,4)11-8;/h7H,5-6,10H2,1-4H3;1H. The van der Waals surface area contributed by atoms with Crippen LogP contribution in [0.25, 0.3) is 0 Å². The third-order valence-electron chi connectivity index (χ3n) is 2.06. The summed E-state index contributed by atoms with van der Waals surface area (Å²) in [7, 11) is 0. The van der Waals surface area contributed by atoms with Crippen molar-refractivity contribution in [2.24, 2.45) is 5.73 Å². The van der Waals surface area contributed by atoms with Crippen LogP contribution in [0.2, 0.25) is 0 Å². The van der Waals surface area contributed by atoms with E-state index in [2.05, 4.69) is 27.7 Å². The normalized spacial score (nSPS) is 27.8. The van der Waals surface area contributed by atoms with Gasteiger partial charge >= 0.3 is 0 Å². The van der Waals surface area contributed by atoms with E-state index in [9.17, 15) is 0 Å². The van der Waals surface area contributed by atoms with Crippen molar-refractivity contribution in [1.82, 2.24) is 0 Å². The largest absolute Gasteiger partial charge is 0.370 e. The monoisotopic (exact) mass is 193 g/mol. The fraction of sp³-hybridized carbons (Fsp3) is 1.00.